The molecule has 0 atom stereocenters. The maximum Gasteiger partial charge on any atom is 0.349 e. The second kappa shape index (κ2) is 11.6. The van der Waals surface area contributed by atoms with Gasteiger partial charge in [0, 0.05) is 24.3 Å². The highest BCUT2D eigenvalue weighted by Gasteiger charge is 2.31. The van der Waals surface area contributed by atoms with E-state index in [9.17, 15) is 26.7 Å². The summed E-state index contributed by atoms with van der Waals surface area (Å²) in [7, 11) is 0. The molecule has 0 heterocycles. The number of carbonyl (C=O) groups excluding carboxylic acids is 1. The van der Waals surface area contributed by atoms with Crippen molar-refractivity contribution in [3.8, 4) is 11.5 Å². The van der Waals surface area contributed by atoms with Crippen LogP contribution in [-0.2, 0) is 0 Å². The quantitative estimate of drug-likeness (QED) is 0.164. The molecule has 2 fully saturated rings. The highest BCUT2D eigenvalue weighted by molar-refractivity contribution is 5.91. The molecule has 8 heteroatoms. The molecule has 0 aromatic heterocycles. The van der Waals surface area contributed by atoms with Gasteiger partial charge in [-0.1, -0.05) is 26.2 Å². The molecular formula is C28H31F5O3. The van der Waals surface area contributed by atoms with Gasteiger partial charge < -0.3 is 9.47 Å². The van der Waals surface area contributed by atoms with Crippen LogP contribution in [0.4, 0.5) is 22.0 Å². The first-order valence-corrected chi connectivity index (χ1v) is 12.7. The lowest BCUT2D eigenvalue weighted by molar-refractivity contribution is 0.0723. The smallest absolute Gasteiger partial charge is 0.349 e. The summed E-state index contributed by atoms with van der Waals surface area (Å²) in [6, 6.07) is 2.58. The molecule has 3 nitrogen and oxygen atoms in total. The monoisotopic (exact) mass is 510 g/mol. The number of halogens is 5. The van der Waals surface area contributed by atoms with Gasteiger partial charge in [-0.15, -0.1) is 0 Å². The molecule has 4 rings (SSSR count). The van der Waals surface area contributed by atoms with E-state index < -0.39 is 46.4 Å². The van der Waals surface area contributed by atoms with Crippen LogP contribution >= 0.6 is 0 Å². The molecular weight excluding hydrogens is 479 g/mol. The lowest BCUT2D eigenvalue weighted by Gasteiger charge is -2.37. The minimum absolute atomic E-state index is 0.0552. The Balaban J connectivity index is 1.30. The molecule has 0 saturated heterocycles. The third-order valence-corrected chi connectivity index (χ3v) is 7.90. The van der Waals surface area contributed by atoms with Gasteiger partial charge in [-0.3, -0.25) is 0 Å². The van der Waals surface area contributed by atoms with E-state index in [0.717, 1.165) is 55.6 Å². The van der Waals surface area contributed by atoms with Crippen LogP contribution in [-0.4, -0.2) is 12.6 Å². The average Bonchev–Trinajstić information content (AvgIpc) is 2.86. The molecule has 2 saturated carbocycles. The summed E-state index contributed by atoms with van der Waals surface area (Å²) in [5.41, 5.74) is -1.04. The zero-order chi connectivity index (χ0) is 25.8. The van der Waals surface area contributed by atoms with E-state index in [1.165, 1.54) is 32.1 Å². The summed E-state index contributed by atoms with van der Waals surface area (Å²) >= 11 is 0. The van der Waals surface area contributed by atoms with Crippen LogP contribution in [0.1, 0.15) is 75.1 Å². The van der Waals surface area contributed by atoms with Gasteiger partial charge in [0.2, 0.25) is 0 Å². The van der Waals surface area contributed by atoms with Gasteiger partial charge in [-0.05, 0) is 62.2 Å². The molecule has 0 spiro atoms. The predicted molar refractivity (Wildman–Crippen MR) is 124 cm³/mol. The molecule has 0 radical (unpaired) electrons. The fraction of sp³-hybridized carbons (Fsp3) is 0.536. The summed E-state index contributed by atoms with van der Waals surface area (Å²) in [5, 5.41) is 0. The van der Waals surface area contributed by atoms with Crippen LogP contribution in [0.15, 0.2) is 24.3 Å². The predicted octanol–water partition coefficient (Wildman–Crippen LogP) is 8.00. The first-order chi connectivity index (χ1) is 17.2. The van der Waals surface area contributed by atoms with Crippen molar-refractivity contribution in [1.29, 1.82) is 0 Å². The maximum atomic E-state index is 14.5. The number of rotatable bonds is 7. The van der Waals surface area contributed by atoms with Gasteiger partial charge in [-0.25, -0.2) is 26.7 Å². The third-order valence-electron chi connectivity index (χ3n) is 7.90. The minimum Gasteiger partial charge on any atom is -0.493 e. The molecule has 0 amide bonds. The minimum atomic E-state index is -1.75. The van der Waals surface area contributed by atoms with Crippen LogP contribution in [0.3, 0.4) is 0 Å². The number of benzene rings is 2. The van der Waals surface area contributed by atoms with Gasteiger partial charge in [0.25, 0.3) is 0 Å². The molecule has 0 bridgehead atoms. The highest BCUT2D eigenvalue weighted by atomic mass is 19.2. The zero-order valence-corrected chi connectivity index (χ0v) is 20.3. The van der Waals surface area contributed by atoms with Crippen LogP contribution < -0.4 is 9.47 Å². The SMILES string of the molecule is CC[C@H]1CC[C@H]([C@H]2CC[C@H](COc3cc(F)c(C(=O)Oc4cc(F)c(F)c(F)c4)c(F)c3)CC2)CC1. The van der Waals surface area contributed by atoms with Crippen molar-refractivity contribution in [1.82, 2.24) is 0 Å². The molecule has 0 aliphatic heterocycles. The van der Waals surface area contributed by atoms with E-state index in [1.54, 1.807) is 0 Å². The van der Waals surface area contributed by atoms with Crippen LogP contribution in [0.25, 0.3) is 0 Å². The molecule has 196 valence electrons. The highest BCUT2D eigenvalue weighted by Crippen LogP contribution is 2.42. The number of ether oxygens (including phenoxy) is 2. The number of esters is 1. The molecule has 36 heavy (non-hydrogen) atoms. The van der Waals surface area contributed by atoms with E-state index in [2.05, 4.69) is 11.7 Å². The van der Waals surface area contributed by atoms with Gasteiger partial charge in [0.05, 0.1) is 6.61 Å². The summed E-state index contributed by atoms with van der Waals surface area (Å²) < 4.78 is 79.0. The van der Waals surface area contributed by atoms with E-state index in [4.69, 9.17) is 4.74 Å². The Hall–Kier alpha value is -2.64. The number of hydrogen-bond acceptors (Lipinski definition) is 3. The summed E-state index contributed by atoms with van der Waals surface area (Å²) in [5.74, 6) is -6.94. The lowest BCUT2D eigenvalue weighted by Crippen LogP contribution is -2.27. The lowest BCUT2D eigenvalue weighted by atomic mass is 9.69. The van der Waals surface area contributed by atoms with Crippen molar-refractivity contribution in [2.45, 2.75) is 64.7 Å². The van der Waals surface area contributed by atoms with Gasteiger partial charge in [0.15, 0.2) is 17.5 Å². The maximum absolute atomic E-state index is 14.5. The average molecular weight is 511 g/mol. The van der Waals surface area contributed by atoms with Gasteiger partial charge >= 0.3 is 5.97 Å². The topological polar surface area (TPSA) is 35.5 Å². The van der Waals surface area contributed by atoms with Crippen molar-refractivity contribution in [2.75, 3.05) is 6.61 Å². The van der Waals surface area contributed by atoms with Crippen LogP contribution in [0.5, 0.6) is 11.5 Å². The summed E-state index contributed by atoms with van der Waals surface area (Å²) in [6.45, 7) is 2.59. The van der Waals surface area contributed by atoms with Gasteiger partial charge in [-0.2, -0.15) is 0 Å². The molecule has 2 aromatic rings. The van der Waals surface area contributed by atoms with E-state index in [0.29, 0.717) is 24.7 Å². The van der Waals surface area contributed by atoms with Crippen molar-refractivity contribution in [3.05, 3.63) is 58.9 Å². The number of hydrogen-bond donors (Lipinski definition) is 0. The third kappa shape index (κ3) is 6.19. The second-order valence-electron chi connectivity index (χ2n) is 10.1. The summed E-state index contributed by atoms with van der Waals surface area (Å²) in [6.07, 6.45) is 10.9. The van der Waals surface area contributed by atoms with Gasteiger partial charge in [0.1, 0.15) is 28.7 Å². The second-order valence-corrected chi connectivity index (χ2v) is 10.1. The molecule has 2 aliphatic carbocycles. The Morgan fingerprint density at radius 3 is 1.69 bits per heavy atom. The number of carbonyl (C=O) groups is 1. The Kier molecular flexibility index (Phi) is 8.52. The Labute approximate surface area is 208 Å². The Morgan fingerprint density at radius 1 is 0.722 bits per heavy atom. The molecule has 2 aliphatic rings. The van der Waals surface area contributed by atoms with Crippen molar-refractivity contribution in [3.63, 3.8) is 0 Å². The molecule has 0 N–H and O–H groups in total. The van der Waals surface area contributed by atoms with Crippen molar-refractivity contribution in [2.24, 2.45) is 23.7 Å². The van der Waals surface area contributed by atoms with E-state index >= 15 is 0 Å². The molecule has 0 unspecified atom stereocenters. The molecule has 2 aromatic carbocycles. The first kappa shape index (κ1) is 26.4. The van der Waals surface area contributed by atoms with Crippen molar-refractivity contribution < 1.29 is 36.2 Å². The Morgan fingerprint density at radius 2 is 1.19 bits per heavy atom. The Bertz CT molecular complexity index is 1030. The fourth-order valence-corrected chi connectivity index (χ4v) is 5.69. The van der Waals surface area contributed by atoms with Crippen LogP contribution in [0.2, 0.25) is 0 Å². The largest absolute Gasteiger partial charge is 0.493 e. The fourth-order valence-electron chi connectivity index (χ4n) is 5.69. The standard InChI is InChI=1S/C28H31F5O3/c1-2-16-3-7-18(8-4-16)19-9-5-17(6-10-19)15-35-20-11-22(29)26(23(30)12-20)28(34)36-21-13-24(31)27(33)25(32)14-21/h11-14,16-19H,2-10,15H2,1H3/t16-,17-,18-,19-. The summed E-state index contributed by atoms with van der Waals surface area (Å²) in [4.78, 5) is 12.2. The first-order valence-electron chi connectivity index (χ1n) is 12.7. The van der Waals surface area contributed by atoms with E-state index in [1.807, 2.05) is 0 Å². The normalized spacial score (nSPS) is 24.4. The van der Waals surface area contributed by atoms with Crippen molar-refractivity contribution >= 4 is 5.97 Å². The van der Waals surface area contributed by atoms with Crippen LogP contribution in [0, 0.1) is 52.8 Å². The van der Waals surface area contributed by atoms with E-state index in [-0.39, 0.29) is 5.75 Å². The zero-order valence-electron chi connectivity index (χ0n) is 20.3.